The Labute approximate surface area is 286 Å². The number of ether oxygens (including phenoxy) is 1. The number of amides is 2. The number of pyridine rings is 1. The maximum Gasteiger partial charge on any atom is 0.264 e. The van der Waals surface area contributed by atoms with E-state index in [-0.39, 0.29) is 35.8 Å². The molecule has 2 amide bonds. The monoisotopic (exact) mass is 656 g/mol. The fraction of sp³-hybridized carbons (Fsp3) is 0.231. The van der Waals surface area contributed by atoms with Gasteiger partial charge >= 0.3 is 0 Å². The van der Waals surface area contributed by atoms with Gasteiger partial charge in [0.05, 0.1) is 23.7 Å². The molecule has 5 rings (SSSR count). The summed E-state index contributed by atoms with van der Waals surface area (Å²) in [4.78, 5) is 39.9. The highest BCUT2D eigenvalue weighted by molar-refractivity contribution is 6.15. The molecule has 0 saturated heterocycles. The molecule has 0 bridgehead atoms. The zero-order valence-corrected chi connectivity index (χ0v) is 28.4. The van der Waals surface area contributed by atoms with Crippen molar-refractivity contribution in [1.82, 2.24) is 9.97 Å². The van der Waals surface area contributed by atoms with Gasteiger partial charge in [-0.3, -0.25) is 14.5 Å². The largest absolute Gasteiger partial charge is 0.483 e. The Morgan fingerprint density at radius 1 is 0.959 bits per heavy atom. The summed E-state index contributed by atoms with van der Waals surface area (Å²) in [5, 5.41) is 23.6. The molecule has 2 heterocycles. The van der Waals surface area contributed by atoms with Crippen molar-refractivity contribution in [3.05, 3.63) is 118 Å². The maximum absolute atomic E-state index is 14.7. The molecule has 5 aromatic rings. The lowest BCUT2D eigenvalue weighted by Gasteiger charge is -2.27. The number of carbonyl (C=O) groups is 2. The van der Waals surface area contributed by atoms with Gasteiger partial charge in [0, 0.05) is 18.7 Å². The van der Waals surface area contributed by atoms with Gasteiger partial charge < -0.3 is 25.0 Å². The minimum atomic E-state index is -0.522. The predicted octanol–water partition coefficient (Wildman–Crippen LogP) is 7.21. The smallest absolute Gasteiger partial charge is 0.264 e. The van der Waals surface area contributed by atoms with E-state index in [1.807, 2.05) is 89.2 Å². The van der Waals surface area contributed by atoms with Gasteiger partial charge in [-0.1, -0.05) is 66.2 Å². The zero-order valence-electron chi connectivity index (χ0n) is 28.4. The number of aromatic amines is 1. The number of rotatable bonds is 12. The molecule has 0 atom stereocenters. The van der Waals surface area contributed by atoms with E-state index in [0.29, 0.717) is 34.0 Å². The lowest BCUT2D eigenvalue weighted by Crippen LogP contribution is -2.30. The van der Waals surface area contributed by atoms with Crippen molar-refractivity contribution in [2.75, 3.05) is 34.8 Å². The van der Waals surface area contributed by atoms with E-state index >= 15 is 0 Å². The van der Waals surface area contributed by atoms with Crippen LogP contribution in [0.25, 0.3) is 11.3 Å². The molecule has 10 nitrogen and oxygen atoms in total. The molecule has 0 aliphatic heterocycles. The van der Waals surface area contributed by atoms with Crippen LogP contribution in [0.4, 0.5) is 23.0 Å². The van der Waals surface area contributed by atoms with Gasteiger partial charge in [-0.05, 0) is 75.6 Å². The van der Waals surface area contributed by atoms with Crippen molar-refractivity contribution in [1.29, 1.82) is 5.26 Å². The van der Waals surface area contributed by atoms with Crippen LogP contribution in [-0.4, -0.2) is 46.6 Å². The summed E-state index contributed by atoms with van der Waals surface area (Å²) in [6, 6.07) is 27.6. The van der Waals surface area contributed by atoms with Crippen LogP contribution in [0.1, 0.15) is 52.2 Å². The third-order valence-electron chi connectivity index (χ3n) is 8.32. The van der Waals surface area contributed by atoms with Crippen LogP contribution >= 0.6 is 0 Å². The molecule has 2 aromatic heterocycles. The standard InChI is InChI=1S/C39H40N6O4/c1-6-44(7-2)34-20-18-32(27(5)41-34)45(39(48)30-16-12-11-15-29(30)23-46)38-37(31(22-40)36(43-38)28-13-9-8-10-14-28)42-35(47)24-49-33-19-17-25(3)21-26(33)4/h8-21,43,46H,6-7,23-24H2,1-5H3,(H,42,47). The molecule has 0 aliphatic carbocycles. The van der Waals surface area contributed by atoms with E-state index in [1.165, 1.54) is 4.90 Å². The second-order valence-corrected chi connectivity index (χ2v) is 11.6. The molecule has 0 aliphatic rings. The van der Waals surface area contributed by atoms with Crippen molar-refractivity contribution in [3.63, 3.8) is 0 Å². The molecule has 0 unspecified atom stereocenters. The van der Waals surface area contributed by atoms with Gasteiger partial charge in [-0.25, -0.2) is 4.98 Å². The van der Waals surface area contributed by atoms with E-state index in [0.717, 1.165) is 30.0 Å². The number of anilines is 4. The number of aliphatic hydroxyl groups excluding tert-OH is 1. The first-order valence-electron chi connectivity index (χ1n) is 16.2. The molecule has 0 radical (unpaired) electrons. The van der Waals surface area contributed by atoms with Crippen LogP contribution < -0.4 is 19.9 Å². The highest BCUT2D eigenvalue weighted by Crippen LogP contribution is 2.42. The van der Waals surface area contributed by atoms with Gasteiger partial charge in [-0.15, -0.1) is 0 Å². The number of hydrogen-bond donors (Lipinski definition) is 3. The minimum absolute atomic E-state index is 0.109. The average molecular weight is 657 g/mol. The first-order valence-corrected chi connectivity index (χ1v) is 16.2. The maximum atomic E-state index is 14.7. The highest BCUT2D eigenvalue weighted by Gasteiger charge is 2.32. The Morgan fingerprint density at radius 2 is 1.67 bits per heavy atom. The summed E-state index contributed by atoms with van der Waals surface area (Å²) in [6.07, 6.45) is 0. The number of nitriles is 1. The molecule has 250 valence electrons. The SMILES string of the molecule is CCN(CC)c1ccc(N(C(=O)c2ccccc2CO)c2[nH]c(-c3ccccc3)c(C#N)c2NC(=O)COc2ccc(C)cc2C)c(C)n1. The molecule has 0 saturated carbocycles. The Hall–Kier alpha value is -5.92. The normalized spacial score (nSPS) is 10.7. The van der Waals surface area contributed by atoms with Gasteiger partial charge in [0.25, 0.3) is 11.8 Å². The lowest BCUT2D eigenvalue weighted by atomic mass is 10.1. The van der Waals surface area contributed by atoms with E-state index in [2.05, 4.69) is 21.3 Å². The Balaban J connectivity index is 1.69. The number of carbonyl (C=O) groups excluding carboxylic acids is 2. The van der Waals surface area contributed by atoms with Gasteiger partial charge in [-0.2, -0.15) is 5.26 Å². The van der Waals surface area contributed by atoms with Crippen LogP contribution in [0.2, 0.25) is 0 Å². The molecule has 0 fully saturated rings. The molecule has 0 spiro atoms. The average Bonchev–Trinajstić information content (AvgIpc) is 3.46. The van der Waals surface area contributed by atoms with Crippen molar-refractivity contribution < 1.29 is 19.4 Å². The van der Waals surface area contributed by atoms with Crippen molar-refractivity contribution in [3.8, 4) is 23.1 Å². The highest BCUT2D eigenvalue weighted by atomic mass is 16.5. The number of aromatic nitrogens is 2. The number of aliphatic hydroxyl groups is 1. The van der Waals surface area contributed by atoms with Crippen LogP contribution in [0, 0.1) is 32.1 Å². The summed E-state index contributed by atoms with van der Waals surface area (Å²) in [6.45, 7) is 10.6. The number of nitrogens with zero attached hydrogens (tertiary/aromatic N) is 4. The molecule has 10 heteroatoms. The minimum Gasteiger partial charge on any atom is -0.483 e. The van der Waals surface area contributed by atoms with E-state index in [4.69, 9.17) is 9.72 Å². The Bertz CT molecular complexity index is 2010. The topological polar surface area (TPSA) is 135 Å². The van der Waals surface area contributed by atoms with Crippen LogP contribution in [0.3, 0.4) is 0 Å². The first-order chi connectivity index (χ1) is 23.7. The summed E-state index contributed by atoms with van der Waals surface area (Å²) in [5.41, 5.74) is 4.95. The molecule has 49 heavy (non-hydrogen) atoms. The first kappa shape index (κ1) is 34.4. The Morgan fingerprint density at radius 3 is 2.33 bits per heavy atom. The molecule has 3 N–H and O–H groups in total. The van der Waals surface area contributed by atoms with Gasteiger partial charge in [0.15, 0.2) is 6.61 Å². The molecular formula is C39H40N6O4. The number of H-pyrrole nitrogens is 1. The fourth-order valence-corrected chi connectivity index (χ4v) is 5.81. The van der Waals surface area contributed by atoms with Crippen LogP contribution in [0.15, 0.2) is 84.9 Å². The van der Waals surface area contributed by atoms with Crippen molar-refractivity contribution in [2.24, 2.45) is 0 Å². The van der Waals surface area contributed by atoms with Crippen molar-refractivity contribution >= 4 is 34.8 Å². The summed E-state index contributed by atoms with van der Waals surface area (Å²) in [7, 11) is 0. The van der Waals surface area contributed by atoms with Gasteiger partial charge in [0.1, 0.15) is 34.7 Å². The van der Waals surface area contributed by atoms with E-state index in [9.17, 15) is 20.0 Å². The summed E-state index contributed by atoms with van der Waals surface area (Å²) in [5.74, 6) is 0.464. The number of aryl methyl sites for hydroxylation is 3. The number of benzene rings is 3. The quantitative estimate of drug-likeness (QED) is 0.129. The lowest BCUT2D eigenvalue weighted by molar-refractivity contribution is -0.118. The fourth-order valence-electron chi connectivity index (χ4n) is 5.81. The predicted molar refractivity (Wildman–Crippen MR) is 192 cm³/mol. The van der Waals surface area contributed by atoms with Crippen LogP contribution in [-0.2, 0) is 11.4 Å². The Kier molecular flexibility index (Phi) is 10.8. The summed E-state index contributed by atoms with van der Waals surface area (Å²) < 4.78 is 5.87. The second-order valence-electron chi connectivity index (χ2n) is 11.6. The van der Waals surface area contributed by atoms with Crippen molar-refractivity contribution in [2.45, 2.75) is 41.2 Å². The molecule has 3 aromatic carbocycles. The third-order valence-corrected chi connectivity index (χ3v) is 8.32. The molecular weight excluding hydrogens is 616 g/mol. The van der Waals surface area contributed by atoms with Crippen LogP contribution in [0.5, 0.6) is 5.75 Å². The van der Waals surface area contributed by atoms with E-state index in [1.54, 1.807) is 30.3 Å². The third kappa shape index (κ3) is 7.32. The number of hydrogen-bond acceptors (Lipinski definition) is 7. The van der Waals surface area contributed by atoms with E-state index < -0.39 is 11.8 Å². The number of nitrogens with one attached hydrogen (secondary N) is 2. The van der Waals surface area contributed by atoms with Gasteiger partial charge in [0.2, 0.25) is 0 Å². The second kappa shape index (κ2) is 15.3. The summed E-state index contributed by atoms with van der Waals surface area (Å²) >= 11 is 0. The zero-order chi connectivity index (χ0) is 35.1.